The van der Waals surface area contributed by atoms with Crippen LogP contribution in [-0.2, 0) is 22.2 Å². The van der Waals surface area contributed by atoms with Gasteiger partial charge in [0.1, 0.15) is 12.1 Å². The molecule has 0 spiro atoms. The van der Waals surface area contributed by atoms with E-state index in [4.69, 9.17) is 0 Å². The molecule has 168 valence electrons. The smallest absolute Gasteiger partial charge is 0.342 e. The Kier molecular flexibility index (Phi) is 5.77. The molecule has 0 saturated carbocycles. The summed E-state index contributed by atoms with van der Waals surface area (Å²) in [4.78, 5) is 39.2. The van der Waals surface area contributed by atoms with Gasteiger partial charge in [-0.1, -0.05) is 30.3 Å². The number of hydrogen-bond donors (Lipinski definition) is 3. The van der Waals surface area contributed by atoms with Gasteiger partial charge >= 0.3 is 12.2 Å². The minimum atomic E-state index is -4.46. The topological polar surface area (TPSA) is 90.5 Å². The number of anilines is 1. The highest BCUT2D eigenvalue weighted by Crippen LogP contribution is 2.30. The Hall–Kier alpha value is -3.56. The average molecular weight is 446 g/mol. The van der Waals surface area contributed by atoms with Crippen LogP contribution in [-0.4, -0.2) is 47.4 Å². The van der Waals surface area contributed by atoms with E-state index in [0.717, 1.165) is 29.8 Å². The predicted molar refractivity (Wildman–Crippen MR) is 110 cm³/mol. The second-order valence-corrected chi connectivity index (χ2v) is 7.86. The van der Waals surface area contributed by atoms with Crippen LogP contribution in [0.1, 0.15) is 17.5 Å². The van der Waals surface area contributed by atoms with Gasteiger partial charge in [-0.25, -0.2) is 4.79 Å². The Morgan fingerprint density at radius 1 is 1.06 bits per heavy atom. The fraction of sp³-hybridized carbons (Fsp3) is 0.318. The molecule has 10 heteroatoms. The zero-order valence-electron chi connectivity index (χ0n) is 16.9. The number of hydrogen-bond acceptors (Lipinski definition) is 3. The average Bonchev–Trinajstić information content (AvgIpc) is 3.17. The molecule has 3 atom stereocenters. The van der Waals surface area contributed by atoms with E-state index >= 15 is 0 Å². The molecule has 2 heterocycles. The van der Waals surface area contributed by atoms with E-state index in [0.29, 0.717) is 6.42 Å². The summed E-state index contributed by atoms with van der Waals surface area (Å²) in [6.45, 7) is 0.183. The molecule has 7 nitrogen and oxygen atoms in total. The maximum atomic E-state index is 12.9. The summed E-state index contributed by atoms with van der Waals surface area (Å²) in [5.41, 5.74) is 0.308. The molecule has 2 aliphatic heterocycles. The second kappa shape index (κ2) is 8.52. The monoisotopic (exact) mass is 446 g/mol. The molecule has 0 unspecified atom stereocenters. The van der Waals surface area contributed by atoms with Gasteiger partial charge in [0.25, 0.3) is 0 Å². The molecule has 4 rings (SSSR count). The lowest BCUT2D eigenvalue weighted by Gasteiger charge is -2.34. The summed E-state index contributed by atoms with van der Waals surface area (Å²) in [6.07, 6.45) is -3.82. The summed E-state index contributed by atoms with van der Waals surface area (Å²) in [6, 6.07) is 11.0. The maximum Gasteiger partial charge on any atom is 0.416 e. The Morgan fingerprint density at radius 3 is 2.41 bits per heavy atom. The molecule has 3 N–H and O–H groups in total. The number of benzene rings is 2. The van der Waals surface area contributed by atoms with Crippen molar-refractivity contribution in [1.29, 1.82) is 0 Å². The van der Waals surface area contributed by atoms with Gasteiger partial charge in [0, 0.05) is 18.7 Å². The van der Waals surface area contributed by atoms with Crippen LogP contribution < -0.4 is 16.0 Å². The molecule has 0 bridgehead atoms. The summed E-state index contributed by atoms with van der Waals surface area (Å²) >= 11 is 0. The van der Waals surface area contributed by atoms with Gasteiger partial charge in [-0.15, -0.1) is 0 Å². The minimum Gasteiger partial charge on any atom is -0.342 e. The minimum absolute atomic E-state index is 0.183. The third kappa shape index (κ3) is 4.68. The first kappa shape index (κ1) is 21.7. The van der Waals surface area contributed by atoms with E-state index in [1.165, 1.54) is 4.90 Å². The quantitative estimate of drug-likeness (QED) is 0.674. The molecule has 4 amide bonds. The van der Waals surface area contributed by atoms with E-state index in [1.807, 2.05) is 30.3 Å². The number of halogens is 3. The van der Waals surface area contributed by atoms with Crippen molar-refractivity contribution in [2.24, 2.45) is 0 Å². The van der Waals surface area contributed by atoms with E-state index in [9.17, 15) is 27.6 Å². The van der Waals surface area contributed by atoms with Gasteiger partial charge in [0.15, 0.2) is 0 Å². The first-order valence-corrected chi connectivity index (χ1v) is 10.1. The van der Waals surface area contributed by atoms with E-state index in [2.05, 4.69) is 16.0 Å². The van der Waals surface area contributed by atoms with E-state index in [1.54, 1.807) is 0 Å². The fourth-order valence-electron chi connectivity index (χ4n) is 4.05. The van der Waals surface area contributed by atoms with Gasteiger partial charge in [0.2, 0.25) is 11.8 Å². The lowest BCUT2D eigenvalue weighted by Crippen LogP contribution is -2.61. The summed E-state index contributed by atoms with van der Waals surface area (Å²) in [5.74, 6) is -0.469. The predicted octanol–water partition coefficient (Wildman–Crippen LogP) is 2.54. The molecular weight excluding hydrogens is 425 g/mol. The number of amides is 4. The Bertz CT molecular complexity index is 1010. The number of piperazine rings is 1. The highest BCUT2D eigenvalue weighted by molar-refractivity contribution is 5.98. The molecule has 2 aromatic carbocycles. The van der Waals surface area contributed by atoms with E-state index < -0.39 is 35.9 Å². The summed E-state index contributed by atoms with van der Waals surface area (Å²) < 4.78 is 37.9. The van der Waals surface area contributed by atoms with Crippen molar-refractivity contribution in [3.05, 3.63) is 65.7 Å². The Labute approximate surface area is 182 Å². The molecule has 32 heavy (non-hydrogen) atoms. The molecule has 2 aromatic rings. The molecular formula is C22H21F3N4O3. The first-order valence-electron chi connectivity index (χ1n) is 10.1. The van der Waals surface area contributed by atoms with Crippen molar-refractivity contribution in [2.75, 3.05) is 11.9 Å². The van der Waals surface area contributed by atoms with E-state index in [-0.39, 0.29) is 30.5 Å². The van der Waals surface area contributed by atoms with Crippen LogP contribution in [0.4, 0.5) is 23.7 Å². The number of nitrogens with one attached hydrogen (secondary N) is 3. The largest absolute Gasteiger partial charge is 0.416 e. The Balaban J connectivity index is 1.34. The van der Waals surface area contributed by atoms with Crippen LogP contribution in [0.2, 0.25) is 0 Å². The molecule has 2 fully saturated rings. The van der Waals surface area contributed by atoms with Crippen LogP contribution in [0, 0.1) is 0 Å². The highest BCUT2D eigenvalue weighted by Gasteiger charge is 2.46. The van der Waals surface area contributed by atoms with Crippen molar-refractivity contribution in [3.8, 4) is 0 Å². The second-order valence-electron chi connectivity index (χ2n) is 7.86. The fourth-order valence-corrected chi connectivity index (χ4v) is 4.05. The van der Waals surface area contributed by atoms with Crippen LogP contribution >= 0.6 is 0 Å². The number of rotatable bonds is 4. The van der Waals surface area contributed by atoms with Gasteiger partial charge in [-0.3, -0.25) is 9.59 Å². The lowest BCUT2D eigenvalue weighted by molar-refractivity contribution is -0.147. The number of urea groups is 1. The maximum absolute atomic E-state index is 12.9. The van der Waals surface area contributed by atoms with Crippen LogP contribution in [0.3, 0.4) is 0 Å². The van der Waals surface area contributed by atoms with Gasteiger partial charge in [-0.2, -0.15) is 13.2 Å². The van der Waals surface area contributed by atoms with Crippen LogP contribution in [0.15, 0.2) is 54.6 Å². The molecule has 0 radical (unpaired) electrons. The zero-order chi connectivity index (χ0) is 22.9. The standard InChI is InChI=1S/C22H21F3N4O3/c23-22(24,25)14-6-8-15(9-7-14)26-21(32)27-16-11-18-19(30)28-17(20(31)29(18)12-16)10-13-4-2-1-3-5-13/h1-9,16-18H,10-12H2,(H,28,30)(H2,26,27,32)/t16-,17+,18-/m0/s1. The van der Waals surface area contributed by atoms with Crippen LogP contribution in [0.5, 0.6) is 0 Å². The molecule has 2 saturated heterocycles. The van der Waals surface area contributed by atoms with Gasteiger partial charge in [0.05, 0.1) is 11.6 Å². The zero-order valence-corrected chi connectivity index (χ0v) is 16.9. The Morgan fingerprint density at radius 2 is 1.75 bits per heavy atom. The lowest BCUT2D eigenvalue weighted by atomic mass is 10.0. The number of carbonyl (C=O) groups is 3. The highest BCUT2D eigenvalue weighted by atomic mass is 19.4. The number of carbonyl (C=O) groups excluding carboxylic acids is 3. The van der Waals surface area contributed by atoms with Crippen molar-refractivity contribution >= 4 is 23.5 Å². The van der Waals surface area contributed by atoms with Gasteiger partial charge < -0.3 is 20.9 Å². The SMILES string of the molecule is O=C(Nc1ccc(C(F)(F)F)cc1)N[C@H]1C[C@H]2C(=O)N[C@H](Cc3ccccc3)C(=O)N2C1. The third-order valence-corrected chi connectivity index (χ3v) is 5.59. The first-order chi connectivity index (χ1) is 15.2. The summed E-state index contributed by atoms with van der Waals surface area (Å²) in [7, 11) is 0. The van der Waals surface area contributed by atoms with Gasteiger partial charge in [-0.05, 0) is 36.2 Å². The van der Waals surface area contributed by atoms with Crippen molar-refractivity contribution < 1.29 is 27.6 Å². The molecule has 0 aliphatic carbocycles. The number of nitrogens with zero attached hydrogens (tertiary/aromatic N) is 1. The van der Waals surface area contributed by atoms with Crippen molar-refractivity contribution in [2.45, 2.75) is 37.1 Å². The van der Waals surface area contributed by atoms with Crippen molar-refractivity contribution in [3.63, 3.8) is 0 Å². The normalized spacial score (nSPS) is 22.8. The van der Waals surface area contributed by atoms with Crippen LogP contribution in [0.25, 0.3) is 0 Å². The molecule has 2 aliphatic rings. The third-order valence-electron chi connectivity index (χ3n) is 5.59. The number of fused-ring (bicyclic) bond motifs is 1. The summed E-state index contributed by atoms with van der Waals surface area (Å²) in [5, 5.41) is 7.93. The van der Waals surface area contributed by atoms with Crippen molar-refractivity contribution in [1.82, 2.24) is 15.5 Å². The molecule has 0 aromatic heterocycles. The number of alkyl halides is 3.